The molecule has 0 radical (unpaired) electrons. The van der Waals surface area contributed by atoms with E-state index >= 15 is 0 Å². The van der Waals surface area contributed by atoms with Crippen molar-refractivity contribution in [3.05, 3.63) is 29.6 Å². The van der Waals surface area contributed by atoms with Gasteiger partial charge in [0.05, 0.1) is 0 Å². The molecule has 2 N–H and O–H groups in total. The molecular weight excluding hydrogens is 251 g/mol. The minimum absolute atomic E-state index is 0.0138. The van der Waals surface area contributed by atoms with E-state index in [1.165, 1.54) is 32.1 Å². The average molecular weight is 278 g/mol. The lowest BCUT2D eigenvalue weighted by Gasteiger charge is -2.39. The molecule has 1 aliphatic rings. The molecule has 0 spiro atoms. The number of anilines is 1. The van der Waals surface area contributed by atoms with Gasteiger partial charge in [-0.1, -0.05) is 19.4 Å². The monoisotopic (exact) mass is 278 g/mol. The summed E-state index contributed by atoms with van der Waals surface area (Å²) in [7, 11) is 0. The molecule has 0 saturated carbocycles. The quantitative estimate of drug-likeness (QED) is 0.885. The number of nitrogens with two attached hydrogens (primary N) is 1. The van der Waals surface area contributed by atoms with Crippen molar-refractivity contribution in [2.24, 2.45) is 5.73 Å². The predicted molar refractivity (Wildman–Crippen MR) is 83.6 cm³/mol. The third-order valence-corrected chi connectivity index (χ3v) is 4.18. The fourth-order valence-corrected chi connectivity index (χ4v) is 3.29. The third-order valence-electron chi connectivity index (χ3n) is 4.18. The van der Waals surface area contributed by atoms with Crippen molar-refractivity contribution in [1.29, 1.82) is 0 Å². The number of benzene rings is 1. The lowest BCUT2D eigenvalue weighted by atomic mass is 9.95. The second-order valence-corrected chi connectivity index (χ2v) is 6.05. The zero-order valence-electron chi connectivity index (χ0n) is 12.7. The number of halogens is 1. The van der Waals surface area contributed by atoms with Crippen molar-refractivity contribution in [1.82, 2.24) is 0 Å². The topological polar surface area (TPSA) is 29.3 Å². The van der Waals surface area contributed by atoms with Gasteiger partial charge in [0, 0.05) is 29.9 Å². The molecule has 112 valence electrons. The van der Waals surface area contributed by atoms with Gasteiger partial charge in [-0.25, -0.2) is 4.39 Å². The minimum atomic E-state index is -0.111. The number of piperidine rings is 1. The van der Waals surface area contributed by atoms with E-state index in [0.29, 0.717) is 12.5 Å². The van der Waals surface area contributed by atoms with Gasteiger partial charge in [-0.3, -0.25) is 0 Å². The molecule has 0 aliphatic carbocycles. The molecule has 1 aliphatic heterocycles. The summed E-state index contributed by atoms with van der Waals surface area (Å²) in [5.74, 6) is -0.111. The lowest BCUT2D eigenvalue weighted by molar-refractivity contribution is 0.432. The predicted octanol–water partition coefficient (Wildman–Crippen LogP) is 3.87. The first-order valence-electron chi connectivity index (χ1n) is 7.93. The first kappa shape index (κ1) is 15.3. The molecule has 2 nitrogen and oxygen atoms in total. The molecule has 1 aromatic carbocycles. The Morgan fingerprint density at radius 1 is 1.40 bits per heavy atom. The largest absolute Gasteiger partial charge is 0.368 e. The molecular formula is C17H27FN2. The van der Waals surface area contributed by atoms with Crippen LogP contribution in [0.15, 0.2) is 18.2 Å². The molecule has 2 atom stereocenters. The number of hydrogen-bond acceptors (Lipinski definition) is 2. The Hall–Kier alpha value is -1.09. The van der Waals surface area contributed by atoms with Gasteiger partial charge < -0.3 is 10.6 Å². The average Bonchev–Trinajstić information content (AvgIpc) is 2.42. The van der Waals surface area contributed by atoms with Crippen LogP contribution >= 0.6 is 0 Å². The van der Waals surface area contributed by atoms with Crippen LogP contribution in [0.1, 0.15) is 51.5 Å². The fraction of sp³-hybridized carbons (Fsp3) is 0.647. The summed E-state index contributed by atoms with van der Waals surface area (Å²) in [6, 6.07) is 5.99. The second-order valence-electron chi connectivity index (χ2n) is 6.05. The molecule has 1 heterocycles. The molecule has 20 heavy (non-hydrogen) atoms. The summed E-state index contributed by atoms with van der Waals surface area (Å²) in [5, 5.41) is 0. The smallest absolute Gasteiger partial charge is 0.128 e. The highest BCUT2D eigenvalue weighted by atomic mass is 19.1. The Kier molecular flexibility index (Phi) is 5.41. The van der Waals surface area contributed by atoms with Gasteiger partial charge in [-0.2, -0.15) is 0 Å². The molecule has 1 fully saturated rings. The van der Waals surface area contributed by atoms with E-state index in [-0.39, 0.29) is 11.9 Å². The summed E-state index contributed by atoms with van der Waals surface area (Å²) in [5.41, 5.74) is 7.77. The van der Waals surface area contributed by atoms with Crippen LogP contribution in [-0.4, -0.2) is 18.6 Å². The van der Waals surface area contributed by atoms with Gasteiger partial charge in [0.25, 0.3) is 0 Å². The van der Waals surface area contributed by atoms with E-state index in [4.69, 9.17) is 5.73 Å². The van der Waals surface area contributed by atoms with Gasteiger partial charge in [0.1, 0.15) is 5.82 Å². The van der Waals surface area contributed by atoms with Crippen molar-refractivity contribution in [2.45, 2.75) is 64.5 Å². The van der Waals surface area contributed by atoms with Crippen LogP contribution in [0.4, 0.5) is 10.1 Å². The van der Waals surface area contributed by atoms with Gasteiger partial charge in [-0.15, -0.1) is 0 Å². The molecule has 0 bridgehead atoms. The van der Waals surface area contributed by atoms with Crippen LogP contribution in [0.25, 0.3) is 0 Å². The van der Waals surface area contributed by atoms with Crippen molar-refractivity contribution < 1.29 is 4.39 Å². The standard InChI is InChI=1S/C17H27FN2/c1-3-7-14-8-4-5-11-20(14)17-10-6-9-16(18)15(17)12-13(2)19/h6,9-10,13-14H,3-5,7-8,11-12,19H2,1-2H3. The number of nitrogens with zero attached hydrogens (tertiary/aromatic N) is 1. The van der Waals surface area contributed by atoms with Gasteiger partial charge in [0.2, 0.25) is 0 Å². The van der Waals surface area contributed by atoms with Gasteiger partial charge in [-0.05, 0) is 51.2 Å². The highest BCUT2D eigenvalue weighted by Gasteiger charge is 2.25. The zero-order chi connectivity index (χ0) is 14.5. The Morgan fingerprint density at radius 2 is 2.20 bits per heavy atom. The maximum atomic E-state index is 14.2. The van der Waals surface area contributed by atoms with Gasteiger partial charge in [0.15, 0.2) is 0 Å². The lowest BCUT2D eigenvalue weighted by Crippen LogP contribution is -2.40. The Balaban J connectivity index is 2.31. The highest BCUT2D eigenvalue weighted by Crippen LogP contribution is 2.31. The van der Waals surface area contributed by atoms with E-state index in [0.717, 1.165) is 17.8 Å². The summed E-state index contributed by atoms with van der Waals surface area (Å²) in [6.07, 6.45) is 6.69. The van der Waals surface area contributed by atoms with Crippen LogP contribution in [0, 0.1) is 5.82 Å². The first-order valence-corrected chi connectivity index (χ1v) is 7.93. The molecule has 3 heteroatoms. The molecule has 1 saturated heterocycles. The van der Waals surface area contributed by atoms with E-state index in [1.54, 1.807) is 6.07 Å². The SMILES string of the molecule is CCCC1CCCCN1c1cccc(F)c1CC(C)N. The van der Waals surface area contributed by atoms with Crippen molar-refractivity contribution >= 4 is 5.69 Å². The van der Waals surface area contributed by atoms with Crippen LogP contribution in [0.3, 0.4) is 0 Å². The number of rotatable bonds is 5. The Morgan fingerprint density at radius 3 is 2.90 bits per heavy atom. The first-order chi connectivity index (χ1) is 9.63. The van der Waals surface area contributed by atoms with E-state index in [1.807, 2.05) is 13.0 Å². The van der Waals surface area contributed by atoms with Crippen molar-refractivity contribution in [3.8, 4) is 0 Å². The fourth-order valence-electron chi connectivity index (χ4n) is 3.29. The summed E-state index contributed by atoms with van der Waals surface area (Å²) >= 11 is 0. The molecule has 2 unspecified atom stereocenters. The maximum absolute atomic E-state index is 14.2. The molecule has 1 aromatic rings. The number of hydrogen-bond donors (Lipinski definition) is 1. The molecule has 2 rings (SSSR count). The summed E-state index contributed by atoms with van der Waals surface area (Å²) in [6.45, 7) is 5.21. The van der Waals surface area contributed by atoms with Gasteiger partial charge >= 0.3 is 0 Å². The van der Waals surface area contributed by atoms with Crippen molar-refractivity contribution in [3.63, 3.8) is 0 Å². The van der Waals surface area contributed by atoms with E-state index in [9.17, 15) is 4.39 Å². The third kappa shape index (κ3) is 3.51. The molecule has 0 amide bonds. The van der Waals surface area contributed by atoms with Crippen molar-refractivity contribution in [2.75, 3.05) is 11.4 Å². The second kappa shape index (κ2) is 7.07. The Bertz CT molecular complexity index is 429. The van der Waals surface area contributed by atoms with Crippen LogP contribution in [0.5, 0.6) is 0 Å². The molecule has 0 aromatic heterocycles. The van der Waals surface area contributed by atoms with E-state index < -0.39 is 0 Å². The minimum Gasteiger partial charge on any atom is -0.368 e. The van der Waals surface area contributed by atoms with Crippen LogP contribution in [-0.2, 0) is 6.42 Å². The maximum Gasteiger partial charge on any atom is 0.128 e. The highest BCUT2D eigenvalue weighted by molar-refractivity contribution is 5.55. The summed E-state index contributed by atoms with van der Waals surface area (Å²) < 4.78 is 14.2. The van der Waals surface area contributed by atoms with Crippen LogP contribution < -0.4 is 10.6 Å². The Labute approximate surface area is 122 Å². The normalized spacial score (nSPS) is 21.0. The summed E-state index contributed by atoms with van der Waals surface area (Å²) in [4.78, 5) is 2.42. The zero-order valence-corrected chi connectivity index (χ0v) is 12.7. The van der Waals surface area contributed by atoms with E-state index in [2.05, 4.69) is 17.9 Å². The van der Waals surface area contributed by atoms with Crippen LogP contribution in [0.2, 0.25) is 0 Å².